The maximum absolute atomic E-state index is 5.94. The Morgan fingerprint density at radius 2 is 1.55 bits per heavy atom. The van der Waals surface area contributed by atoms with Crippen LogP contribution >= 0.6 is 0 Å². The van der Waals surface area contributed by atoms with Crippen LogP contribution in [-0.4, -0.2) is 0 Å². The summed E-state index contributed by atoms with van der Waals surface area (Å²) < 4.78 is 0. The Morgan fingerprint density at radius 3 is 2.05 bits per heavy atom. The van der Waals surface area contributed by atoms with Crippen LogP contribution in [0.5, 0.6) is 0 Å². The maximum atomic E-state index is 5.94. The van der Waals surface area contributed by atoms with Gasteiger partial charge in [-0.25, -0.2) is 0 Å². The molecule has 0 fully saturated rings. The number of anilines is 2. The molecule has 0 spiro atoms. The van der Waals surface area contributed by atoms with E-state index in [1.54, 1.807) is 0 Å². The van der Waals surface area contributed by atoms with Gasteiger partial charge in [-0.3, -0.25) is 0 Å². The molecule has 2 rings (SSSR count). The van der Waals surface area contributed by atoms with Gasteiger partial charge in [0.2, 0.25) is 0 Å². The molecule has 0 saturated heterocycles. The number of nitrogens with one attached hydrogen (secondary N) is 1. The van der Waals surface area contributed by atoms with Crippen molar-refractivity contribution in [2.75, 3.05) is 11.1 Å². The molecule has 2 aromatic rings. The van der Waals surface area contributed by atoms with Crippen LogP contribution in [0, 0.1) is 13.8 Å². The fourth-order valence-electron chi connectivity index (χ4n) is 2.65. The van der Waals surface area contributed by atoms with Gasteiger partial charge in [0.05, 0.1) is 0 Å². The number of benzene rings is 2. The van der Waals surface area contributed by atoms with Crippen molar-refractivity contribution in [1.29, 1.82) is 0 Å². The molecule has 0 amide bonds. The van der Waals surface area contributed by atoms with Crippen LogP contribution in [-0.2, 0) is 5.41 Å². The number of allylic oxidation sites excluding steroid dienone is 1. The lowest BCUT2D eigenvalue weighted by molar-refractivity contribution is 0.640. The highest BCUT2D eigenvalue weighted by Gasteiger charge is 2.24. The van der Waals surface area contributed by atoms with Crippen molar-refractivity contribution in [2.45, 2.75) is 40.0 Å². The third-order valence-corrected chi connectivity index (χ3v) is 4.29. The van der Waals surface area contributed by atoms with Gasteiger partial charge in [-0.1, -0.05) is 44.7 Å². The molecule has 0 aromatic heterocycles. The van der Waals surface area contributed by atoms with Crippen LogP contribution in [0.1, 0.15) is 43.0 Å². The van der Waals surface area contributed by atoms with E-state index in [4.69, 9.17) is 5.73 Å². The molecule has 0 radical (unpaired) electrons. The maximum Gasteiger partial charge on any atom is 0.0411 e. The van der Waals surface area contributed by atoms with Gasteiger partial charge in [0.1, 0.15) is 0 Å². The highest BCUT2D eigenvalue weighted by Crippen LogP contribution is 2.34. The Balaban J connectivity index is 2.42. The molecule has 0 aliphatic heterocycles. The van der Waals surface area contributed by atoms with Gasteiger partial charge in [0, 0.05) is 22.5 Å². The summed E-state index contributed by atoms with van der Waals surface area (Å²) in [5, 5.41) is 3.30. The highest BCUT2D eigenvalue weighted by atomic mass is 14.9. The van der Waals surface area contributed by atoms with E-state index in [9.17, 15) is 0 Å². The first-order valence-corrected chi connectivity index (χ1v) is 7.62. The monoisotopic (exact) mass is 294 g/mol. The van der Waals surface area contributed by atoms with Gasteiger partial charge in [-0.15, -0.1) is 0 Å². The topological polar surface area (TPSA) is 38.0 Å². The van der Waals surface area contributed by atoms with Gasteiger partial charge in [-0.2, -0.15) is 0 Å². The van der Waals surface area contributed by atoms with Gasteiger partial charge in [0.15, 0.2) is 0 Å². The summed E-state index contributed by atoms with van der Waals surface area (Å²) in [6, 6.07) is 12.9. The largest absolute Gasteiger partial charge is 0.399 e. The summed E-state index contributed by atoms with van der Waals surface area (Å²) >= 11 is 0. The van der Waals surface area contributed by atoms with Crippen molar-refractivity contribution in [2.24, 2.45) is 0 Å². The first-order chi connectivity index (χ1) is 10.2. The van der Waals surface area contributed by atoms with Crippen molar-refractivity contribution in [3.05, 3.63) is 70.9 Å². The van der Waals surface area contributed by atoms with Crippen LogP contribution in [0.25, 0.3) is 0 Å². The van der Waals surface area contributed by atoms with Gasteiger partial charge < -0.3 is 11.1 Å². The summed E-state index contributed by atoms with van der Waals surface area (Å²) in [4.78, 5) is 0. The zero-order valence-electron chi connectivity index (χ0n) is 14.2. The van der Waals surface area contributed by atoms with E-state index < -0.39 is 0 Å². The average molecular weight is 294 g/mol. The van der Waals surface area contributed by atoms with Gasteiger partial charge in [-0.05, 0) is 55.2 Å². The Labute approximate surface area is 134 Å². The summed E-state index contributed by atoms with van der Waals surface area (Å²) in [5.74, 6) is 0. The molecular weight excluding hydrogens is 268 g/mol. The SMILES string of the molecule is C=C(C)Nc1ccc(C(C)(C)c2ccc(N)c(C)c2)cc1C. The number of rotatable bonds is 4. The Hall–Kier alpha value is -2.22. The van der Waals surface area contributed by atoms with Crippen LogP contribution in [0.15, 0.2) is 48.7 Å². The number of aryl methyl sites for hydroxylation is 2. The molecular formula is C20H26N2. The summed E-state index contributed by atoms with van der Waals surface area (Å²) in [5.41, 5.74) is 13.7. The van der Waals surface area contributed by atoms with E-state index in [1.807, 2.05) is 13.0 Å². The number of nitrogens with two attached hydrogens (primary N) is 1. The lowest BCUT2D eigenvalue weighted by Gasteiger charge is -2.28. The molecule has 22 heavy (non-hydrogen) atoms. The minimum atomic E-state index is -0.0645. The highest BCUT2D eigenvalue weighted by molar-refractivity contribution is 5.57. The van der Waals surface area contributed by atoms with Crippen molar-refractivity contribution >= 4 is 11.4 Å². The Kier molecular flexibility index (Phi) is 4.32. The summed E-state index contributed by atoms with van der Waals surface area (Å²) in [7, 11) is 0. The number of hydrogen-bond acceptors (Lipinski definition) is 2. The first kappa shape index (κ1) is 16.2. The smallest absolute Gasteiger partial charge is 0.0411 e. The van der Waals surface area contributed by atoms with Crippen LogP contribution in [0.2, 0.25) is 0 Å². The van der Waals surface area contributed by atoms with E-state index in [0.717, 1.165) is 22.6 Å². The molecule has 116 valence electrons. The van der Waals surface area contributed by atoms with Gasteiger partial charge >= 0.3 is 0 Å². The van der Waals surface area contributed by atoms with Crippen molar-refractivity contribution in [3.63, 3.8) is 0 Å². The summed E-state index contributed by atoms with van der Waals surface area (Å²) in [6.45, 7) is 14.5. The number of hydrogen-bond donors (Lipinski definition) is 2. The second-order valence-corrected chi connectivity index (χ2v) is 6.63. The van der Waals surface area contributed by atoms with Crippen molar-refractivity contribution in [3.8, 4) is 0 Å². The average Bonchev–Trinajstić information content (AvgIpc) is 2.43. The minimum Gasteiger partial charge on any atom is -0.399 e. The predicted octanol–water partition coefficient (Wildman–Crippen LogP) is 5.16. The molecule has 0 heterocycles. The second kappa shape index (κ2) is 5.88. The Bertz CT molecular complexity index is 712. The van der Waals surface area contributed by atoms with E-state index in [-0.39, 0.29) is 5.41 Å². The third-order valence-electron chi connectivity index (χ3n) is 4.29. The third kappa shape index (κ3) is 3.16. The molecule has 0 bridgehead atoms. The molecule has 0 saturated carbocycles. The Morgan fingerprint density at radius 1 is 1.00 bits per heavy atom. The van der Waals surface area contributed by atoms with E-state index in [1.165, 1.54) is 16.7 Å². The molecule has 0 unspecified atom stereocenters. The minimum absolute atomic E-state index is 0.0645. The van der Waals surface area contributed by atoms with E-state index in [0.29, 0.717) is 0 Å². The molecule has 0 aliphatic rings. The lowest BCUT2D eigenvalue weighted by atomic mass is 9.77. The van der Waals surface area contributed by atoms with Crippen LogP contribution < -0.4 is 11.1 Å². The zero-order chi connectivity index (χ0) is 16.5. The molecule has 2 heteroatoms. The standard InChI is InChI=1S/C20H26N2/c1-13(2)22-19-10-8-17(12-15(19)4)20(5,6)16-7-9-18(21)14(3)11-16/h7-12,22H,1,21H2,2-6H3. The van der Waals surface area contributed by atoms with Crippen LogP contribution in [0.4, 0.5) is 11.4 Å². The van der Waals surface area contributed by atoms with Crippen molar-refractivity contribution < 1.29 is 0 Å². The normalized spacial score (nSPS) is 11.3. The fraction of sp³-hybridized carbons (Fsp3) is 0.300. The molecule has 0 aliphatic carbocycles. The predicted molar refractivity (Wildman–Crippen MR) is 97.3 cm³/mol. The van der Waals surface area contributed by atoms with E-state index >= 15 is 0 Å². The summed E-state index contributed by atoms with van der Waals surface area (Å²) in [6.07, 6.45) is 0. The first-order valence-electron chi connectivity index (χ1n) is 7.62. The quantitative estimate of drug-likeness (QED) is 0.765. The number of nitrogen functional groups attached to an aromatic ring is 1. The molecule has 2 aromatic carbocycles. The fourth-order valence-corrected chi connectivity index (χ4v) is 2.65. The molecule has 2 nitrogen and oxygen atoms in total. The van der Waals surface area contributed by atoms with Crippen molar-refractivity contribution in [1.82, 2.24) is 0 Å². The van der Waals surface area contributed by atoms with E-state index in [2.05, 4.69) is 69.9 Å². The molecule has 3 N–H and O–H groups in total. The van der Waals surface area contributed by atoms with Crippen LogP contribution in [0.3, 0.4) is 0 Å². The lowest BCUT2D eigenvalue weighted by Crippen LogP contribution is -2.19. The molecule has 0 atom stereocenters. The second-order valence-electron chi connectivity index (χ2n) is 6.63. The zero-order valence-corrected chi connectivity index (χ0v) is 14.2. The van der Waals surface area contributed by atoms with Gasteiger partial charge in [0.25, 0.3) is 0 Å².